The Labute approximate surface area is 823 Å². The molecule has 10 heterocycles. The molecule has 0 aliphatic carbocycles. The second kappa shape index (κ2) is 32.2. The fraction of sp³-hybridized carbons (Fsp3) is 0.387. The molecule has 16 bridgehead atoms. The molecule has 0 N–H and O–H groups in total. The monoisotopic (exact) mass is 1870 g/mol. The molecule has 18 rings (SSSR count). The molecule has 0 amide bonds. The summed E-state index contributed by atoms with van der Waals surface area (Å²) in [6, 6.07) is 62.1. The summed E-state index contributed by atoms with van der Waals surface area (Å²) in [7, 11) is 0. The van der Waals surface area contributed by atoms with Gasteiger partial charge in [-0.3, -0.25) is 0 Å². The molecule has 0 unspecified atom stereocenters. The van der Waals surface area contributed by atoms with Gasteiger partial charge >= 0.3 is 39.0 Å². The van der Waals surface area contributed by atoms with E-state index in [9.17, 15) is 0 Å². The van der Waals surface area contributed by atoms with Crippen molar-refractivity contribution >= 4 is 123 Å². The Balaban J connectivity index is 0.00000653. The minimum Gasteiger partial charge on any atom is -0.657 e. The zero-order valence-electron chi connectivity index (χ0n) is 87.3. The Hall–Kier alpha value is -10.2. The molecular weight excluding hydrogens is 1730 g/mol. The predicted molar refractivity (Wildman–Crippen MR) is 570 cm³/mol. The molecule has 134 heavy (non-hydrogen) atoms. The molecule has 678 valence electrons. The van der Waals surface area contributed by atoms with Crippen LogP contribution < -0.4 is 19.9 Å². The number of nitrogens with zero attached hydrogens (tertiary/aromatic N) is 8. The minimum atomic E-state index is -0.240. The Morgan fingerprint density at radius 1 is 0.179 bits per heavy atom. The van der Waals surface area contributed by atoms with Crippen LogP contribution in [0.2, 0.25) is 0 Å². The van der Waals surface area contributed by atoms with Crippen LogP contribution in [0.25, 0.3) is 190 Å². The Bertz CT molecular complexity index is 7120. The molecule has 2 aliphatic heterocycles. The van der Waals surface area contributed by atoms with Crippen LogP contribution in [0.3, 0.4) is 0 Å². The first-order valence-electron chi connectivity index (χ1n) is 48.2. The van der Waals surface area contributed by atoms with Gasteiger partial charge in [-0.05, 0) is 256 Å². The SMILES string of the molecule is CC(C)(C)c1cc(-c2c3nc(c(-c4cc(C(C)(C)C)cc(C(C)(C)C)c4)c4cc5c6cc7nc6c6c8[n-]c(cc8c8cc(nc8c6c5[n-]4)c(-c4cc(C(C)(C)C)cc(C(C)(C)C)c4)c4ccc2[n-]4)c(-c2cc(C(C)(C)C)cc(C(C)(C)C)c2)c2nc(c(-c4cc(C(C)(C)C)cc(C(C)(C)C)c4)c4ccc([n-]4)c7-c4cc(C(C)(C)C)cc(C(C)(C)C)c4)C=C2)C=C3)cc(C(C)(C)C)c1.[Zn+2].[Zn+2]. The van der Waals surface area contributed by atoms with E-state index in [0.717, 1.165) is 188 Å². The van der Waals surface area contributed by atoms with Gasteiger partial charge in [-0.15, -0.1) is 44.1 Å². The molecule has 8 aromatic carbocycles. The summed E-state index contributed by atoms with van der Waals surface area (Å²) in [6.45, 7) is 84.0. The third kappa shape index (κ3) is 17.6. The predicted octanol–water partition coefficient (Wildman–Crippen LogP) is 33.7. The van der Waals surface area contributed by atoms with Gasteiger partial charge in [0.2, 0.25) is 0 Å². The van der Waals surface area contributed by atoms with Crippen LogP contribution in [0.5, 0.6) is 0 Å². The zero-order chi connectivity index (χ0) is 95.4. The maximum absolute atomic E-state index is 6.41. The average molecular weight is 1870 g/mol. The van der Waals surface area contributed by atoms with Gasteiger partial charge in [-0.1, -0.05) is 395 Å². The third-order valence-corrected chi connectivity index (χ3v) is 28.2. The van der Waals surface area contributed by atoms with Crippen LogP contribution in [0.1, 0.15) is 339 Å². The first kappa shape index (κ1) is 96.9. The van der Waals surface area contributed by atoms with E-state index in [2.05, 4.69) is 431 Å². The molecule has 8 aromatic heterocycles. The molecule has 16 aromatic rings. The third-order valence-electron chi connectivity index (χ3n) is 28.2. The van der Waals surface area contributed by atoms with E-state index in [1.807, 2.05) is 0 Å². The fourth-order valence-electron chi connectivity index (χ4n) is 19.4. The molecule has 0 fully saturated rings. The molecule has 0 radical (unpaired) electrons. The van der Waals surface area contributed by atoms with Gasteiger partial charge in [-0.2, -0.15) is 0 Å². The number of hydrogen-bond acceptors (Lipinski definition) is 4. The van der Waals surface area contributed by atoms with Crippen LogP contribution >= 0.6 is 0 Å². The van der Waals surface area contributed by atoms with E-state index in [1.165, 1.54) is 66.8 Å². The zero-order valence-corrected chi connectivity index (χ0v) is 93.2. The van der Waals surface area contributed by atoms with E-state index in [1.54, 1.807) is 0 Å². The molecule has 10 heteroatoms. The number of aromatic nitrogens is 8. The van der Waals surface area contributed by atoms with E-state index in [-0.39, 0.29) is 104 Å². The van der Waals surface area contributed by atoms with Crippen molar-refractivity contribution in [1.82, 2.24) is 39.9 Å². The molecular formula is C124H138N8Zn2. The summed E-state index contributed by atoms with van der Waals surface area (Å²) in [5.41, 5.74) is 36.8. The van der Waals surface area contributed by atoms with Crippen LogP contribution in [0.15, 0.2) is 158 Å². The van der Waals surface area contributed by atoms with Crippen molar-refractivity contribution in [1.29, 1.82) is 0 Å². The summed E-state index contributed by atoms with van der Waals surface area (Å²) in [5.74, 6) is 0. The first-order chi connectivity index (χ1) is 60.9. The molecule has 0 saturated heterocycles. The Kier molecular flexibility index (Phi) is 23.3. The van der Waals surface area contributed by atoms with Crippen molar-refractivity contribution in [2.45, 2.75) is 314 Å². The van der Waals surface area contributed by atoms with Crippen molar-refractivity contribution < 1.29 is 39.0 Å². The maximum Gasteiger partial charge on any atom is 2.00 e. The van der Waals surface area contributed by atoms with Gasteiger partial charge in [0.05, 0.1) is 44.8 Å². The second-order valence-corrected chi connectivity index (χ2v) is 51.3. The van der Waals surface area contributed by atoms with Gasteiger partial charge in [0, 0.05) is 10.8 Å². The largest absolute Gasteiger partial charge is 2.00 e. The normalized spacial score (nSPS) is 13.8. The summed E-state index contributed by atoms with van der Waals surface area (Å²) in [5, 5.41) is 5.54. The summed E-state index contributed by atoms with van der Waals surface area (Å²) < 4.78 is 0. The van der Waals surface area contributed by atoms with E-state index < -0.39 is 0 Å². The molecule has 0 saturated carbocycles. The smallest absolute Gasteiger partial charge is 0.657 e. The minimum absolute atomic E-state index is 0. The van der Waals surface area contributed by atoms with Crippen LogP contribution in [-0.2, 0) is 104 Å². The van der Waals surface area contributed by atoms with E-state index in [0.29, 0.717) is 0 Å². The topological polar surface area (TPSA) is 108 Å². The Morgan fingerprint density at radius 3 is 0.552 bits per heavy atom. The fourth-order valence-corrected chi connectivity index (χ4v) is 19.4. The molecule has 0 spiro atoms. The standard InChI is InChI=1S/C124H138N8.2Zn/c1-113(2,3)73-45-67(46-74(57-73)114(4,5)6)101-89-37-41-93(125-89)103(69-49-77(117(13,14)15)59-78(50-69)118(16,17)18)97-63-85-87-65-99-105(71-53-81(121(25,26)27)61-82(54-71)122(28,29)30)95-43-39-91(127-95)102(68-47-75(115(7,8)9)58-76(48-68)116(10,11)12)92-40-44-96(128-92)106(72-55-83(123(31,32)33)62-84(56-72)124(34,35)36)100-66-88-86-64-98(130-110(86)107(109(85)129-97)108(111(87)131-99)112(88)132-100)104(94-42-38-90(101)126-94)70-51-79(119(19,20)21)60-80(52-70)120(22,23)24;;/h37-66H,1-36H3;;/q-4;2*+2. The molecule has 8 nitrogen and oxygen atoms in total. The van der Waals surface area contributed by atoms with Gasteiger partial charge in [0.1, 0.15) is 0 Å². The van der Waals surface area contributed by atoms with Crippen LogP contribution in [0, 0.1) is 0 Å². The number of benzene rings is 8. The quantitative estimate of drug-likeness (QED) is 0.152. The van der Waals surface area contributed by atoms with Crippen molar-refractivity contribution in [3.8, 4) is 66.8 Å². The first-order valence-corrected chi connectivity index (χ1v) is 48.2. The number of rotatable bonds is 6. The van der Waals surface area contributed by atoms with E-state index >= 15 is 0 Å². The van der Waals surface area contributed by atoms with Gasteiger partial charge in [0.25, 0.3) is 0 Å². The van der Waals surface area contributed by atoms with Crippen LogP contribution in [0.4, 0.5) is 0 Å². The summed E-state index contributed by atoms with van der Waals surface area (Å²) in [6.07, 6.45) is 9.02. The summed E-state index contributed by atoms with van der Waals surface area (Å²) in [4.78, 5) is 50.2. The van der Waals surface area contributed by atoms with Crippen molar-refractivity contribution in [2.24, 2.45) is 0 Å². The van der Waals surface area contributed by atoms with Gasteiger partial charge in [-0.25, -0.2) is 19.9 Å². The van der Waals surface area contributed by atoms with Gasteiger partial charge < -0.3 is 19.9 Å². The van der Waals surface area contributed by atoms with Crippen molar-refractivity contribution in [3.05, 3.63) is 247 Å². The van der Waals surface area contributed by atoms with Crippen molar-refractivity contribution in [2.75, 3.05) is 0 Å². The van der Waals surface area contributed by atoms with Crippen LogP contribution in [-0.4, -0.2) is 19.9 Å². The Morgan fingerprint density at radius 2 is 0.358 bits per heavy atom. The average Bonchev–Trinajstić information content (AvgIpc) is 1.52. The second-order valence-electron chi connectivity index (χ2n) is 51.3. The molecule has 2 aliphatic rings. The maximum atomic E-state index is 6.41. The summed E-state index contributed by atoms with van der Waals surface area (Å²) >= 11 is 0. The molecule has 0 atom stereocenters. The van der Waals surface area contributed by atoms with E-state index in [4.69, 9.17) is 39.9 Å². The number of fused-ring (bicyclic) bond motifs is 14. The van der Waals surface area contributed by atoms with Crippen molar-refractivity contribution in [3.63, 3.8) is 0 Å². The number of hydrogen-bond donors (Lipinski definition) is 0. The van der Waals surface area contributed by atoms with Gasteiger partial charge in [0.15, 0.2) is 0 Å².